The number of aromatic nitrogens is 3. The summed E-state index contributed by atoms with van der Waals surface area (Å²) in [6.45, 7) is 0.520. The first-order valence-electron chi connectivity index (χ1n) is 9.40. The first-order chi connectivity index (χ1) is 12.7. The van der Waals surface area contributed by atoms with Crippen LogP contribution in [0.1, 0.15) is 64.8 Å². The highest BCUT2D eigenvalue weighted by atomic mass is 16.3. The fourth-order valence-corrected chi connectivity index (χ4v) is 3.78. The van der Waals surface area contributed by atoms with E-state index in [1.165, 1.54) is 24.1 Å². The number of carbonyl (C=O) groups is 1. The molecule has 1 saturated carbocycles. The van der Waals surface area contributed by atoms with Gasteiger partial charge >= 0.3 is 0 Å². The number of hydrogen-bond acceptors (Lipinski definition) is 4. The van der Waals surface area contributed by atoms with Gasteiger partial charge in [0.1, 0.15) is 5.52 Å². The molecule has 1 fully saturated rings. The third-order valence-corrected chi connectivity index (χ3v) is 5.45. The van der Waals surface area contributed by atoms with Crippen LogP contribution >= 0.6 is 0 Å². The summed E-state index contributed by atoms with van der Waals surface area (Å²) in [6, 6.07) is 5.52. The molecule has 0 saturated heterocycles. The summed E-state index contributed by atoms with van der Waals surface area (Å²) in [7, 11) is 1.83. The highest BCUT2D eigenvalue weighted by Gasteiger charge is 2.29. The first kappa shape index (κ1) is 15.6. The van der Waals surface area contributed by atoms with Crippen LogP contribution in [0.2, 0.25) is 0 Å². The van der Waals surface area contributed by atoms with Gasteiger partial charge in [-0.05, 0) is 62.3 Å². The number of nitrogens with one attached hydrogen (secondary N) is 1. The Kier molecular flexibility index (Phi) is 3.58. The molecule has 3 aromatic rings. The number of aromatic amines is 1. The molecule has 0 atom stereocenters. The predicted octanol–water partition coefficient (Wildman–Crippen LogP) is 3.58. The number of oxazole rings is 1. The molecule has 0 spiro atoms. The van der Waals surface area contributed by atoms with E-state index in [0.29, 0.717) is 23.6 Å². The van der Waals surface area contributed by atoms with Gasteiger partial charge in [0.2, 0.25) is 0 Å². The van der Waals surface area contributed by atoms with Crippen LogP contribution in [0.25, 0.3) is 11.1 Å². The van der Waals surface area contributed by atoms with Crippen LogP contribution in [0.4, 0.5) is 0 Å². The van der Waals surface area contributed by atoms with Gasteiger partial charge in [-0.1, -0.05) is 0 Å². The van der Waals surface area contributed by atoms with Gasteiger partial charge in [0, 0.05) is 24.2 Å². The van der Waals surface area contributed by atoms with Gasteiger partial charge in [0.25, 0.3) is 5.91 Å². The molecule has 1 aromatic carbocycles. The molecule has 0 aliphatic heterocycles. The molecule has 5 rings (SSSR count). The largest absolute Gasteiger partial charge is 0.440 e. The molecule has 2 heterocycles. The van der Waals surface area contributed by atoms with Crippen LogP contribution in [0.3, 0.4) is 0 Å². The molecule has 2 aliphatic carbocycles. The van der Waals surface area contributed by atoms with E-state index in [1.54, 1.807) is 4.90 Å². The van der Waals surface area contributed by atoms with Crippen molar-refractivity contribution in [1.29, 1.82) is 0 Å². The molecule has 6 heteroatoms. The Morgan fingerprint density at radius 1 is 1.31 bits per heavy atom. The molecule has 2 aliphatic rings. The second-order valence-electron chi connectivity index (χ2n) is 7.50. The summed E-state index contributed by atoms with van der Waals surface area (Å²) in [5.41, 5.74) is 5.68. The summed E-state index contributed by atoms with van der Waals surface area (Å²) >= 11 is 0. The normalized spacial score (nSPS) is 16.7. The van der Waals surface area contributed by atoms with Crippen LogP contribution in [0.15, 0.2) is 22.6 Å². The smallest absolute Gasteiger partial charge is 0.254 e. The lowest BCUT2D eigenvalue weighted by Gasteiger charge is -2.18. The highest BCUT2D eigenvalue weighted by Crippen LogP contribution is 2.40. The van der Waals surface area contributed by atoms with Gasteiger partial charge < -0.3 is 9.32 Å². The van der Waals surface area contributed by atoms with E-state index in [-0.39, 0.29) is 5.91 Å². The average molecular weight is 350 g/mol. The van der Waals surface area contributed by atoms with Gasteiger partial charge in [0.05, 0.1) is 12.2 Å². The number of nitrogens with zero attached hydrogens (tertiary/aromatic N) is 3. The third-order valence-electron chi connectivity index (χ3n) is 5.45. The zero-order chi connectivity index (χ0) is 17.7. The number of aryl methyl sites for hydroxylation is 1. The van der Waals surface area contributed by atoms with Gasteiger partial charge in [-0.3, -0.25) is 9.89 Å². The lowest BCUT2D eigenvalue weighted by atomic mass is 9.96. The van der Waals surface area contributed by atoms with E-state index in [1.807, 2.05) is 25.2 Å². The van der Waals surface area contributed by atoms with E-state index in [4.69, 9.17) is 4.42 Å². The van der Waals surface area contributed by atoms with Gasteiger partial charge in [-0.25, -0.2) is 4.98 Å². The monoisotopic (exact) mass is 350 g/mol. The number of carbonyl (C=O) groups excluding carboxylic acids is 1. The zero-order valence-electron chi connectivity index (χ0n) is 14.9. The lowest BCUT2D eigenvalue weighted by Crippen LogP contribution is -2.27. The Morgan fingerprint density at radius 3 is 3.00 bits per heavy atom. The van der Waals surface area contributed by atoms with Crippen molar-refractivity contribution in [2.24, 2.45) is 0 Å². The number of benzene rings is 1. The highest BCUT2D eigenvalue weighted by molar-refractivity contribution is 5.96. The molecule has 0 bridgehead atoms. The standard InChI is InChI=1S/C20H22N4O2/c1-24(11-17-14-4-2-3-5-15(14)22-23-17)20(25)13-8-9-16-18(10-13)26-19(21-16)12-6-7-12/h8-10,12H,2-7,11H2,1H3,(H,22,23). The zero-order valence-corrected chi connectivity index (χ0v) is 14.9. The lowest BCUT2D eigenvalue weighted by molar-refractivity contribution is 0.0783. The predicted molar refractivity (Wildman–Crippen MR) is 97.0 cm³/mol. The Balaban J connectivity index is 1.36. The quantitative estimate of drug-likeness (QED) is 0.780. The van der Waals surface area contributed by atoms with E-state index < -0.39 is 0 Å². The van der Waals surface area contributed by atoms with Gasteiger partial charge in [0.15, 0.2) is 11.5 Å². The molecular weight excluding hydrogens is 328 g/mol. The van der Waals surface area contributed by atoms with Crippen molar-refractivity contribution in [3.63, 3.8) is 0 Å². The van der Waals surface area contributed by atoms with E-state index >= 15 is 0 Å². The van der Waals surface area contributed by atoms with Crippen molar-refractivity contribution in [2.45, 2.75) is 51.0 Å². The number of rotatable bonds is 4. The van der Waals surface area contributed by atoms with Crippen molar-refractivity contribution in [3.8, 4) is 0 Å². The summed E-state index contributed by atoms with van der Waals surface area (Å²) < 4.78 is 5.84. The van der Waals surface area contributed by atoms with Crippen LogP contribution in [-0.2, 0) is 19.4 Å². The van der Waals surface area contributed by atoms with Crippen molar-refractivity contribution >= 4 is 17.0 Å². The van der Waals surface area contributed by atoms with Crippen LogP contribution in [-0.4, -0.2) is 33.0 Å². The topological polar surface area (TPSA) is 75.0 Å². The minimum atomic E-state index is -0.0242. The Morgan fingerprint density at radius 2 is 2.15 bits per heavy atom. The van der Waals surface area contributed by atoms with Crippen LogP contribution in [0, 0.1) is 0 Å². The number of amides is 1. The van der Waals surface area contributed by atoms with Gasteiger partial charge in [-0.15, -0.1) is 0 Å². The molecule has 134 valence electrons. The molecule has 1 N–H and O–H groups in total. The second-order valence-corrected chi connectivity index (χ2v) is 7.50. The molecular formula is C20H22N4O2. The van der Waals surface area contributed by atoms with Crippen molar-refractivity contribution in [3.05, 3.63) is 46.6 Å². The molecule has 6 nitrogen and oxygen atoms in total. The van der Waals surface area contributed by atoms with Crippen LogP contribution < -0.4 is 0 Å². The molecule has 26 heavy (non-hydrogen) atoms. The molecule has 1 amide bonds. The summed E-state index contributed by atoms with van der Waals surface area (Å²) in [4.78, 5) is 19.1. The number of H-pyrrole nitrogens is 1. The fourth-order valence-electron chi connectivity index (χ4n) is 3.78. The van der Waals surface area contributed by atoms with E-state index in [9.17, 15) is 4.79 Å². The van der Waals surface area contributed by atoms with Crippen molar-refractivity contribution in [1.82, 2.24) is 20.1 Å². The summed E-state index contributed by atoms with van der Waals surface area (Å²) in [5, 5.41) is 7.59. The number of fused-ring (bicyclic) bond motifs is 2. The Labute approximate surface area is 151 Å². The minimum absolute atomic E-state index is 0.0242. The molecule has 2 aromatic heterocycles. The van der Waals surface area contributed by atoms with Crippen molar-refractivity contribution < 1.29 is 9.21 Å². The third kappa shape index (κ3) is 2.69. The van der Waals surface area contributed by atoms with Crippen molar-refractivity contribution in [2.75, 3.05) is 7.05 Å². The maximum Gasteiger partial charge on any atom is 0.254 e. The average Bonchev–Trinajstić information content (AvgIpc) is 3.31. The maximum atomic E-state index is 12.9. The van der Waals surface area contributed by atoms with E-state index in [0.717, 1.165) is 42.8 Å². The fraction of sp³-hybridized carbons (Fsp3) is 0.450. The number of hydrogen-bond donors (Lipinski definition) is 1. The van der Waals surface area contributed by atoms with Gasteiger partial charge in [-0.2, -0.15) is 5.10 Å². The first-order valence-corrected chi connectivity index (χ1v) is 9.40. The Bertz CT molecular complexity index is 983. The molecule has 0 unspecified atom stereocenters. The van der Waals surface area contributed by atoms with E-state index in [2.05, 4.69) is 15.2 Å². The van der Waals surface area contributed by atoms with Crippen LogP contribution in [0.5, 0.6) is 0 Å². The summed E-state index contributed by atoms with van der Waals surface area (Å²) in [5.74, 6) is 1.25. The second kappa shape index (κ2) is 5.97. The summed E-state index contributed by atoms with van der Waals surface area (Å²) in [6.07, 6.45) is 6.82. The SMILES string of the molecule is CN(Cc1n[nH]c2c1CCCC2)C(=O)c1ccc2nc(C3CC3)oc2c1. The Hall–Kier alpha value is -2.63. The minimum Gasteiger partial charge on any atom is -0.440 e. The maximum absolute atomic E-state index is 12.9. The molecule has 0 radical (unpaired) electrons.